The summed E-state index contributed by atoms with van der Waals surface area (Å²) in [6.07, 6.45) is -4.48. The van der Waals surface area contributed by atoms with Crippen LogP contribution in [-0.2, 0) is 10.8 Å². The van der Waals surface area contributed by atoms with Crippen LogP contribution in [0.5, 0.6) is 0 Å². The summed E-state index contributed by atoms with van der Waals surface area (Å²) in [5, 5.41) is 19.8. The van der Waals surface area contributed by atoms with Crippen molar-refractivity contribution >= 4 is 12.6 Å². The van der Waals surface area contributed by atoms with E-state index in [0.717, 1.165) is 12.1 Å². The normalized spacial score (nSPS) is 13.4. The van der Waals surface area contributed by atoms with E-state index in [0.29, 0.717) is 0 Å². The first-order valence-corrected chi connectivity index (χ1v) is 6.10. The molecule has 112 valence electrons. The maximum absolute atomic E-state index is 12.6. The lowest BCUT2D eigenvalue weighted by atomic mass is 9.76. The number of alkyl halides is 3. The lowest BCUT2D eigenvalue weighted by Crippen LogP contribution is -2.53. The molecule has 0 saturated carbocycles. The van der Waals surface area contributed by atoms with E-state index in [4.69, 9.17) is 4.65 Å². The van der Waals surface area contributed by atoms with Crippen LogP contribution in [0.1, 0.15) is 33.3 Å². The standard InChI is InChI=1S/C13H18BF3O3/c1-11(2,18)12(3,4)20-14(19)10-7-5-6-9(8-10)13(15,16)17/h5-8,18-19H,1-4H3. The molecule has 0 radical (unpaired) electrons. The van der Waals surface area contributed by atoms with Crippen LogP contribution in [0.15, 0.2) is 24.3 Å². The summed E-state index contributed by atoms with van der Waals surface area (Å²) in [4.78, 5) is 0. The third-order valence-corrected chi connectivity index (χ3v) is 3.38. The second kappa shape index (κ2) is 5.39. The quantitative estimate of drug-likeness (QED) is 0.833. The number of hydrogen-bond donors (Lipinski definition) is 2. The van der Waals surface area contributed by atoms with Gasteiger partial charge in [-0.05, 0) is 33.2 Å². The van der Waals surface area contributed by atoms with Crippen molar-refractivity contribution in [2.45, 2.75) is 45.1 Å². The van der Waals surface area contributed by atoms with E-state index in [9.17, 15) is 23.3 Å². The number of aliphatic hydroxyl groups is 1. The Morgan fingerprint density at radius 3 is 2.10 bits per heavy atom. The second-order valence-corrected chi connectivity index (χ2v) is 5.66. The monoisotopic (exact) mass is 290 g/mol. The third kappa shape index (κ3) is 3.97. The van der Waals surface area contributed by atoms with Gasteiger partial charge >= 0.3 is 13.3 Å². The van der Waals surface area contributed by atoms with Crippen LogP contribution in [0.4, 0.5) is 13.2 Å². The molecule has 3 nitrogen and oxygen atoms in total. The Labute approximate surface area is 116 Å². The van der Waals surface area contributed by atoms with Gasteiger partial charge in [0, 0.05) is 0 Å². The molecule has 0 heterocycles. The molecule has 20 heavy (non-hydrogen) atoms. The van der Waals surface area contributed by atoms with Gasteiger partial charge in [0.05, 0.1) is 16.8 Å². The van der Waals surface area contributed by atoms with E-state index < -0.39 is 30.1 Å². The third-order valence-electron chi connectivity index (χ3n) is 3.38. The van der Waals surface area contributed by atoms with E-state index in [2.05, 4.69) is 0 Å². The SMILES string of the molecule is CC(C)(O)C(C)(C)OB(O)c1cccc(C(F)(F)F)c1. The number of benzene rings is 1. The highest BCUT2D eigenvalue weighted by Crippen LogP contribution is 2.29. The van der Waals surface area contributed by atoms with Gasteiger partial charge in [0.2, 0.25) is 0 Å². The summed E-state index contributed by atoms with van der Waals surface area (Å²) in [6.45, 7) is 6.07. The van der Waals surface area contributed by atoms with E-state index in [1.807, 2.05) is 0 Å². The Balaban J connectivity index is 2.97. The lowest BCUT2D eigenvalue weighted by molar-refractivity contribution is -0.137. The minimum Gasteiger partial charge on any atom is -0.423 e. The predicted octanol–water partition coefficient (Wildman–Crippen LogP) is 1.96. The van der Waals surface area contributed by atoms with Crippen LogP contribution in [0, 0.1) is 0 Å². The van der Waals surface area contributed by atoms with Crippen molar-refractivity contribution in [1.29, 1.82) is 0 Å². The topological polar surface area (TPSA) is 49.7 Å². The molecule has 0 aromatic heterocycles. The molecule has 7 heteroatoms. The molecule has 0 unspecified atom stereocenters. The van der Waals surface area contributed by atoms with Gasteiger partial charge in [-0.2, -0.15) is 13.2 Å². The fourth-order valence-corrected chi connectivity index (χ4v) is 1.36. The van der Waals surface area contributed by atoms with Crippen LogP contribution < -0.4 is 5.46 Å². The maximum Gasteiger partial charge on any atom is 0.491 e. The molecule has 0 aliphatic carbocycles. The molecule has 0 bridgehead atoms. The van der Waals surface area contributed by atoms with Crippen LogP contribution in [0.2, 0.25) is 0 Å². The summed E-state index contributed by atoms with van der Waals surface area (Å²) in [6, 6.07) is 4.27. The van der Waals surface area contributed by atoms with Gasteiger partial charge < -0.3 is 14.8 Å². The van der Waals surface area contributed by atoms with Crippen molar-refractivity contribution in [1.82, 2.24) is 0 Å². The zero-order valence-corrected chi connectivity index (χ0v) is 11.8. The second-order valence-electron chi connectivity index (χ2n) is 5.66. The molecule has 0 fully saturated rings. The molecule has 2 N–H and O–H groups in total. The van der Waals surface area contributed by atoms with Gasteiger partial charge in [0.1, 0.15) is 0 Å². The summed E-state index contributed by atoms with van der Waals surface area (Å²) >= 11 is 0. The number of hydrogen-bond acceptors (Lipinski definition) is 3. The minimum atomic E-state index is -4.48. The average Bonchev–Trinajstić information content (AvgIpc) is 2.26. The number of halogens is 3. The van der Waals surface area contributed by atoms with Gasteiger partial charge in [-0.25, -0.2) is 0 Å². The zero-order chi connectivity index (χ0) is 15.8. The van der Waals surface area contributed by atoms with Crippen molar-refractivity contribution in [3.63, 3.8) is 0 Å². The molecule has 1 aromatic carbocycles. The van der Waals surface area contributed by atoms with Gasteiger partial charge in [0.15, 0.2) is 0 Å². The lowest BCUT2D eigenvalue weighted by Gasteiger charge is -2.38. The van der Waals surface area contributed by atoms with E-state index in [1.54, 1.807) is 13.8 Å². The van der Waals surface area contributed by atoms with Crippen molar-refractivity contribution in [3.05, 3.63) is 29.8 Å². The van der Waals surface area contributed by atoms with E-state index in [-0.39, 0.29) is 5.46 Å². The minimum absolute atomic E-state index is 0.0165. The van der Waals surface area contributed by atoms with Crippen LogP contribution in [0.3, 0.4) is 0 Å². The van der Waals surface area contributed by atoms with Crippen LogP contribution >= 0.6 is 0 Å². The van der Waals surface area contributed by atoms with Crippen molar-refractivity contribution in [3.8, 4) is 0 Å². The van der Waals surface area contributed by atoms with Gasteiger partial charge in [0.25, 0.3) is 0 Å². The Morgan fingerprint density at radius 2 is 1.65 bits per heavy atom. The highest BCUT2D eigenvalue weighted by Gasteiger charge is 2.40. The molecule has 0 saturated heterocycles. The van der Waals surface area contributed by atoms with Crippen molar-refractivity contribution in [2.24, 2.45) is 0 Å². The Hall–Kier alpha value is -1.05. The Bertz CT molecular complexity index is 467. The van der Waals surface area contributed by atoms with E-state index >= 15 is 0 Å². The summed E-state index contributed by atoms with van der Waals surface area (Å²) in [5.41, 5.74) is -3.29. The molecule has 1 aromatic rings. The predicted molar refractivity (Wildman–Crippen MR) is 70.5 cm³/mol. The smallest absolute Gasteiger partial charge is 0.423 e. The van der Waals surface area contributed by atoms with Gasteiger partial charge in [-0.15, -0.1) is 0 Å². The van der Waals surface area contributed by atoms with Crippen LogP contribution in [-0.4, -0.2) is 28.5 Å². The maximum atomic E-state index is 12.6. The summed E-state index contributed by atoms with van der Waals surface area (Å²) < 4.78 is 43.1. The van der Waals surface area contributed by atoms with Gasteiger partial charge in [-0.1, -0.05) is 24.3 Å². The first-order valence-electron chi connectivity index (χ1n) is 6.10. The van der Waals surface area contributed by atoms with Gasteiger partial charge in [-0.3, -0.25) is 0 Å². The summed E-state index contributed by atoms with van der Waals surface area (Å²) in [5.74, 6) is 0. The molecular formula is C13H18BF3O3. The van der Waals surface area contributed by atoms with Crippen molar-refractivity contribution < 1.29 is 28.0 Å². The Kier molecular flexibility index (Phi) is 4.58. The molecule has 0 aliphatic rings. The molecular weight excluding hydrogens is 272 g/mol. The molecule has 0 spiro atoms. The van der Waals surface area contributed by atoms with Crippen molar-refractivity contribution in [2.75, 3.05) is 0 Å². The summed E-state index contributed by atoms with van der Waals surface area (Å²) in [7, 11) is -1.56. The number of rotatable bonds is 4. The fraction of sp³-hybridized carbons (Fsp3) is 0.538. The van der Waals surface area contributed by atoms with E-state index in [1.165, 1.54) is 26.0 Å². The first-order chi connectivity index (χ1) is 8.84. The molecule has 0 aliphatic heterocycles. The molecule has 1 rings (SSSR count). The highest BCUT2D eigenvalue weighted by atomic mass is 19.4. The molecule has 0 atom stereocenters. The average molecular weight is 290 g/mol. The zero-order valence-electron chi connectivity index (χ0n) is 11.8. The molecule has 0 amide bonds. The Morgan fingerprint density at radius 1 is 1.10 bits per heavy atom. The first kappa shape index (κ1) is 17.0. The largest absolute Gasteiger partial charge is 0.491 e. The highest BCUT2D eigenvalue weighted by molar-refractivity contribution is 6.60. The fourth-order valence-electron chi connectivity index (χ4n) is 1.36. The van der Waals surface area contributed by atoms with Crippen LogP contribution in [0.25, 0.3) is 0 Å².